The third-order valence-corrected chi connectivity index (χ3v) is 3.05. The first-order valence-electron chi connectivity index (χ1n) is 6.26. The summed E-state index contributed by atoms with van der Waals surface area (Å²) in [6.07, 6.45) is 3.08. The molecule has 1 aromatic heterocycles. The van der Waals surface area contributed by atoms with Crippen LogP contribution in [0.5, 0.6) is 0 Å². The van der Waals surface area contributed by atoms with E-state index >= 15 is 0 Å². The van der Waals surface area contributed by atoms with E-state index in [1.165, 1.54) is 17.3 Å². The van der Waals surface area contributed by atoms with Crippen molar-refractivity contribution in [2.45, 2.75) is 6.04 Å². The molecule has 1 atom stereocenters. The first-order chi connectivity index (χ1) is 9.99. The lowest BCUT2D eigenvalue weighted by molar-refractivity contribution is -0.153. The van der Waals surface area contributed by atoms with Gasteiger partial charge in [0.15, 0.2) is 0 Å². The second-order valence-corrected chi connectivity index (χ2v) is 4.58. The zero-order chi connectivity index (χ0) is 15.4. The van der Waals surface area contributed by atoms with Crippen molar-refractivity contribution in [3.63, 3.8) is 0 Å². The number of piperazine rings is 1. The molecule has 2 amide bonds. The molecule has 112 valence electrons. The van der Waals surface area contributed by atoms with Crippen LogP contribution in [-0.4, -0.2) is 70.5 Å². The van der Waals surface area contributed by atoms with Crippen molar-refractivity contribution in [3.05, 3.63) is 18.5 Å². The lowest BCUT2D eigenvalue weighted by Crippen LogP contribution is -2.60. The van der Waals surface area contributed by atoms with E-state index in [1.807, 2.05) is 0 Å². The Morgan fingerprint density at radius 1 is 1.48 bits per heavy atom. The number of aliphatic carboxylic acids is 1. The number of nitrogens with zero attached hydrogens (tertiary/aromatic N) is 4. The van der Waals surface area contributed by atoms with E-state index in [2.05, 4.69) is 15.3 Å². The molecule has 2 rings (SSSR count). The monoisotopic (exact) mass is 293 g/mol. The Labute approximate surface area is 120 Å². The lowest BCUT2D eigenvalue weighted by Gasteiger charge is -2.33. The Morgan fingerprint density at radius 3 is 2.76 bits per heavy atom. The molecule has 2 N–H and O–H groups in total. The van der Waals surface area contributed by atoms with E-state index in [0.717, 1.165) is 4.90 Å². The molecule has 21 heavy (non-hydrogen) atoms. The van der Waals surface area contributed by atoms with Crippen LogP contribution in [-0.2, 0) is 14.4 Å². The fourth-order valence-electron chi connectivity index (χ4n) is 1.98. The van der Waals surface area contributed by atoms with Crippen molar-refractivity contribution in [3.8, 4) is 0 Å². The molecular formula is C12H15N5O4. The fourth-order valence-corrected chi connectivity index (χ4v) is 1.98. The summed E-state index contributed by atoms with van der Waals surface area (Å²) < 4.78 is 0. The zero-order valence-electron chi connectivity index (χ0n) is 11.4. The standard InChI is InChI=1S/C12H15N5O4/c1-16(12-13-3-2-4-14-12)7-10(19)17-6-9(18)15-5-8(17)11(20)21/h2-4,8H,5-7H2,1H3,(H,15,18)(H,20,21). The van der Waals surface area contributed by atoms with E-state index in [4.69, 9.17) is 5.11 Å². The van der Waals surface area contributed by atoms with Gasteiger partial charge in [0.2, 0.25) is 17.8 Å². The highest BCUT2D eigenvalue weighted by Gasteiger charge is 2.35. The maximum atomic E-state index is 12.2. The largest absolute Gasteiger partial charge is 0.480 e. The van der Waals surface area contributed by atoms with Gasteiger partial charge in [-0.05, 0) is 6.07 Å². The Morgan fingerprint density at radius 2 is 2.14 bits per heavy atom. The molecule has 1 unspecified atom stereocenters. The molecule has 9 nitrogen and oxygen atoms in total. The number of anilines is 1. The van der Waals surface area contributed by atoms with Gasteiger partial charge < -0.3 is 20.2 Å². The Kier molecular flexibility index (Phi) is 4.31. The van der Waals surface area contributed by atoms with Gasteiger partial charge in [-0.15, -0.1) is 0 Å². The number of hydrogen-bond donors (Lipinski definition) is 2. The number of carbonyl (C=O) groups is 3. The summed E-state index contributed by atoms with van der Waals surface area (Å²) in [5, 5.41) is 11.5. The molecule has 1 aliphatic heterocycles. The first kappa shape index (κ1) is 14.7. The van der Waals surface area contributed by atoms with E-state index in [0.29, 0.717) is 5.95 Å². The highest BCUT2D eigenvalue weighted by Crippen LogP contribution is 2.08. The number of likely N-dealkylation sites (N-methyl/N-ethyl adjacent to an activating group) is 1. The van der Waals surface area contributed by atoms with Gasteiger partial charge in [0, 0.05) is 26.0 Å². The summed E-state index contributed by atoms with van der Waals surface area (Å²) in [7, 11) is 1.62. The summed E-state index contributed by atoms with van der Waals surface area (Å²) >= 11 is 0. The third kappa shape index (κ3) is 3.44. The average Bonchev–Trinajstić information content (AvgIpc) is 2.47. The predicted molar refractivity (Wildman–Crippen MR) is 71.4 cm³/mol. The van der Waals surface area contributed by atoms with Crippen LogP contribution >= 0.6 is 0 Å². The molecule has 1 aliphatic rings. The van der Waals surface area contributed by atoms with E-state index < -0.39 is 17.9 Å². The zero-order valence-corrected chi connectivity index (χ0v) is 11.4. The summed E-state index contributed by atoms with van der Waals surface area (Å²) in [5.41, 5.74) is 0. The van der Waals surface area contributed by atoms with Gasteiger partial charge in [0.1, 0.15) is 12.6 Å². The quantitative estimate of drug-likeness (QED) is 0.681. The number of carbonyl (C=O) groups excluding carboxylic acids is 2. The number of amides is 2. The number of nitrogens with one attached hydrogen (secondary N) is 1. The molecule has 1 fully saturated rings. The minimum atomic E-state index is -1.15. The van der Waals surface area contributed by atoms with Crippen molar-refractivity contribution in [1.82, 2.24) is 20.2 Å². The second kappa shape index (κ2) is 6.16. The maximum absolute atomic E-state index is 12.2. The second-order valence-electron chi connectivity index (χ2n) is 4.58. The van der Waals surface area contributed by atoms with Gasteiger partial charge >= 0.3 is 5.97 Å². The fraction of sp³-hybridized carbons (Fsp3) is 0.417. The maximum Gasteiger partial charge on any atom is 0.328 e. The molecule has 0 radical (unpaired) electrons. The van der Waals surface area contributed by atoms with Gasteiger partial charge in [-0.25, -0.2) is 14.8 Å². The number of carboxylic acid groups (broad SMARTS) is 1. The van der Waals surface area contributed by atoms with Crippen molar-refractivity contribution in [2.24, 2.45) is 0 Å². The van der Waals surface area contributed by atoms with Crippen molar-refractivity contribution < 1.29 is 19.5 Å². The lowest BCUT2D eigenvalue weighted by atomic mass is 10.2. The van der Waals surface area contributed by atoms with Crippen LogP contribution < -0.4 is 10.2 Å². The summed E-state index contributed by atoms with van der Waals surface area (Å²) in [6, 6.07) is 0.592. The van der Waals surface area contributed by atoms with Crippen LogP contribution in [0.25, 0.3) is 0 Å². The van der Waals surface area contributed by atoms with Crippen LogP contribution in [0.4, 0.5) is 5.95 Å². The summed E-state index contributed by atoms with van der Waals surface area (Å²) in [4.78, 5) is 45.3. The van der Waals surface area contributed by atoms with Crippen molar-refractivity contribution in [2.75, 3.05) is 31.6 Å². The van der Waals surface area contributed by atoms with Gasteiger partial charge in [0.05, 0.1) is 6.54 Å². The smallest absolute Gasteiger partial charge is 0.328 e. The van der Waals surface area contributed by atoms with Crippen molar-refractivity contribution in [1.29, 1.82) is 0 Å². The number of carboxylic acids is 1. The van der Waals surface area contributed by atoms with Crippen LogP contribution in [0.3, 0.4) is 0 Å². The average molecular weight is 293 g/mol. The molecular weight excluding hydrogens is 278 g/mol. The molecule has 0 bridgehead atoms. The topological polar surface area (TPSA) is 116 Å². The first-order valence-corrected chi connectivity index (χ1v) is 6.26. The van der Waals surface area contributed by atoms with Crippen LogP contribution in [0.1, 0.15) is 0 Å². The molecule has 0 aromatic carbocycles. The predicted octanol–water partition coefficient (Wildman–Crippen LogP) is -1.68. The van der Waals surface area contributed by atoms with Crippen molar-refractivity contribution >= 4 is 23.7 Å². The highest BCUT2D eigenvalue weighted by molar-refractivity contribution is 5.92. The molecule has 1 saturated heterocycles. The number of rotatable bonds is 4. The van der Waals surface area contributed by atoms with Gasteiger partial charge in [-0.2, -0.15) is 0 Å². The van der Waals surface area contributed by atoms with Crippen LogP contribution in [0.2, 0.25) is 0 Å². The highest BCUT2D eigenvalue weighted by atomic mass is 16.4. The number of hydrogen-bond acceptors (Lipinski definition) is 6. The van der Waals surface area contributed by atoms with E-state index in [-0.39, 0.29) is 25.5 Å². The summed E-state index contributed by atoms with van der Waals surface area (Å²) in [6.45, 7) is -0.466. The third-order valence-electron chi connectivity index (χ3n) is 3.05. The molecule has 0 spiro atoms. The molecule has 1 aromatic rings. The normalized spacial score (nSPS) is 18.0. The Bertz CT molecular complexity index is 550. The van der Waals surface area contributed by atoms with E-state index in [1.54, 1.807) is 13.1 Å². The molecule has 0 aliphatic carbocycles. The Hall–Kier alpha value is -2.71. The molecule has 9 heteroatoms. The minimum Gasteiger partial charge on any atom is -0.480 e. The summed E-state index contributed by atoms with van der Waals surface area (Å²) in [5.74, 6) is -1.65. The van der Waals surface area contributed by atoms with Gasteiger partial charge in [0.25, 0.3) is 0 Å². The minimum absolute atomic E-state index is 0.0918. The number of aromatic nitrogens is 2. The van der Waals surface area contributed by atoms with Gasteiger partial charge in [-0.3, -0.25) is 9.59 Å². The van der Waals surface area contributed by atoms with Crippen LogP contribution in [0, 0.1) is 0 Å². The molecule has 2 heterocycles. The Balaban J connectivity index is 2.07. The SMILES string of the molecule is CN(CC(=O)N1CC(=O)NCC1C(=O)O)c1ncccn1. The van der Waals surface area contributed by atoms with Crippen LogP contribution in [0.15, 0.2) is 18.5 Å². The molecule has 0 saturated carbocycles. The van der Waals surface area contributed by atoms with Gasteiger partial charge in [-0.1, -0.05) is 0 Å². The van der Waals surface area contributed by atoms with E-state index in [9.17, 15) is 14.4 Å².